The molecule has 1 fully saturated rings. The van der Waals surface area contributed by atoms with E-state index in [2.05, 4.69) is 27.1 Å². The normalized spacial score (nSPS) is 15.7. The summed E-state index contributed by atoms with van der Waals surface area (Å²) in [7, 11) is 2.14. The van der Waals surface area contributed by atoms with Crippen molar-refractivity contribution < 1.29 is 4.79 Å². The second kappa shape index (κ2) is 6.68. The number of pyridine rings is 1. The smallest absolute Gasteiger partial charge is 0.266 e. The molecule has 5 nitrogen and oxygen atoms in total. The third kappa shape index (κ3) is 3.71. The standard InChI is InChI=1S/C17H22N4OS/c1-12-10-15(23-13(12)2)17(22)19-16-5-4-14(11-18-16)21-8-6-20(3)7-9-21/h4-5,10-11H,6-9H2,1-3H3,(H,18,19,22). The lowest BCUT2D eigenvalue weighted by atomic mass is 10.2. The summed E-state index contributed by atoms with van der Waals surface area (Å²) in [6.45, 7) is 8.20. The zero-order chi connectivity index (χ0) is 16.4. The highest BCUT2D eigenvalue weighted by atomic mass is 32.1. The first-order valence-electron chi connectivity index (χ1n) is 7.81. The Hall–Kier alpha value is -1.92. The van der Waals surface area contributed by atoms with Gasteiger partial charge in [0.2, 0.25) is 0 Å². The van der Waals surface area contributed by atoms with Crippen LogP contribution >= 0.6 is 11.3 Å². The first kappa shape index (κ1) is 16.0. The number of amides is 1. The van der Waals surface area contributed by atoms with Crippen LogP contribution in [0, 0.1) is 13.8 Å². The summed E-state index contributed by atoms with van der Waals surface area (Å²) >= 11 is 1.52. The van der Waals surface area contributed by atoms with Crippen molar-refractivity contribution in [2.24, 2.45) is 0 Å². The van der Waals surface area contributed by atoms with Crippen LogP contribution in [0.5, 0.6) is 0 Å². The van der Waals surface area contributed by atoms with Crippen molar-refractivity contribution in [1.29, 1.82) is 0 Å². The monoisotopic (exact) mass is 330 g/mol. The van der Waals surface area contributed by atoms with Crippen LogP contribution in [0.3, 0.4) is 0 Å². The van der Waals surface area contributed by atoms with E-state index in [1.54, 1.807) is 0 Å². The van der Waals surface area contributed by atoms with Gasteiger partial charge in [-0.25, -0.2) is 4.98 Å². The molecule has 6 heteroatoms. The van der Waals surface area contributed by atoms with Crippen LogP contribution < -0.4 is 10.2 Å². The van der Waals surface area contributed by atoms with Gasteiger partial charge in [-0.15, -0.1) is 11.3 Å². The number of hydrogen-bond donors (Lipinski definition) is 1. The van der Waals surface area contributed by atoms with E-state index in [0.29, 0.717) is 5.82 Å². The average molecular weight is 330 g/mol. The largest absolute Gasteiger partial charge is 0.368 e. The summed E-state index contributed by atoms with van der Waals surface area (Å²) in [5.41, 5.74) is 2.26. The highest BCUT2D eigenvalue weighted by Crippen LogP contribution is 2.22. The molecule has 0 radical (unpaired) electrons. The second-order valence-corrected chi connectivity index (χ2v) is 7.25. The zero-order valence-electron chi connectivity index (χ0n) is 13.8. The molecule has 2 aromatic heterocycles. The van der Waals surface area contributed by atoms with Crippen LogP contribution in [0.15, 0.2) is 24.4 Å². The maximum absolute atomic E-state index is 12.2. The van der Waals surface area contributed by atoms with Gasteiger partial charge in [-0.05, 0) is 44.7 Å². The lowest BCUT2D eigenvalue weighted by Gasteiger charge is -2.33. The molecular weight excluding hydrogens is 308 g/mol. The van der Waals surface area contributed by atoms with Gasteiger partial charge in [0.25, 0.3) is 5.91 Å². The molecule has 1 aliphatic rings. The minimum absolute atomic E-state index is 0.0916. The molecule has 23 heavy (non-hydrogen) atoms. The van der Waals surface area contributed by atoms with Gasteiger partial charge in [-0.2, -0.15) is 0 Å². The first-order chi connectivity index (χ1) is 11.0. The molecule has 0 saturated carbocycles. The number of anilines is 2. The van der Waals surface area contributed by atoms with E-state index in [0.717, 1.165) is 42.3 Å². The van der Waals surface area contributed by atoms with Gasteiger partial charge in [0, 0.05) is 31.1 Å². The van der Waals surface area contributed by atoms with Crippen molar-refractivity contribution in [2.45, 2.75) is 13.8 Å². The molecule has 0 aromatic carbocycles. The zero-order valence-corrected chi connectivity index (χ0v) is 14.6. The van der Waals surface area contributed by atoms with Gasteiger partial charge < -0.3 is 15.1 Å². The fourth-order valence-electron chi connectivity index (χ4n) is 2.57. The molecule has 1 N–H and O–H groups in total. The van der Waals surface area contributed by atoms with Crippen LogP contribution in [0.1, 0.15) is 20.1 Å². The van der Waals surface area contributed by atoms with Crippen LogP contribution in [0.25, 0.3) is 0 Å². The molecule has 0 unspecified atom stereocenters. The number of likely N-dealkylation sites (N-methyl/N-ethyl adjacent to an activating group) is 1. The topological polar surface area (TPSA) is 48.5 Å². The summed E-state index contributed by atoms with van der Waals surface area (Å²) in [5, 5.41) is 2.87. The summed E-state index contributed by atoms with van der Waals surface area (Å²) in [5.74, 6) is 0.502. The van der Waals surface area contributed by atoms with Crippen molar-refractivity contribution in [3.05, 3.63) is 39.7 Å². The van der Waals surface area contributed by atoms with Crippen LogP contribution in [-0.4, -0.2) is 49.0 Å². The molecule has 2 aromatic rings. The van der Waals surface area contributed by atoms with E-state index in [9.17, 15) is 4.79 Å². The molecule has 3 heterocycles. The quantitative estimate of drug-likeness (QED) is 0.940. The van der Waals surface area contributed by atoms with E-state index in [1.807, 2.05) is 38.2 Å². The lowest BCUT2D eigenvalue weighted by Crippen LogP contribution is -2.44. The predicted octanol–water partition coefficient (Wildman–Crippen LogP) is 2.76. The maximum Gasteiger partial charge on any atom is 0.266 e. The third-order valence-electron chi connectivity index (χ3n) is 4.25. The van der Waals surface area contributed by atoms with E-state index in [4.69, 9.17) is 0 Å². The predicted molar refractivity (Wildman–Crippen MR) is 95.7 cm³/mol. The van der Waals surface area contributed by atoms with Crippen molar-refractivity contribution in [3.63, 3.8) is 0 Å². The Balaban J connectivity index is 1.64. The second-order valence-electron chi connectivity index (χ2n) is 6.00. The SMILES string of the molecule is Cc1cc(C(=O)Nc2ccc(N3CCN(C)CC3)cn2)sc1C. The molecule has 0 spiro atoms. The number of carbonyl (C=O) groups is 1. The molecule has 1 amide bonds. The van der Waals surface area contributed by atoms with Crippen LogP contribution in [0.4, 0.5) is 11.5 Å². The highest BCUT2D eigenvalue weighted by Gasteiger charge is 2.15. The molecule has 3 rings (SSSR count). The summed E-state index contributed by atoms with van der Waals surface area (Å²) in [6.07, 6.45) is 1.84. The molecule has 1 aliphatic heterocycles. The fraction of sp³-hybridized carbons (Fsp3) is 0.412. The van der Waals surface area contributed by atoms with E-state index in [-0.39, 0.29) is 5.91 Å². The average Bonchev–Trinajstić information content (AvgIpc) is 2.88. The van der Waals surface area contributed by atoms with E-state index in [1.165, 1.54) is 16.2 Å². The summed E-state index contributed by atoms with van der Waals surface area (Å²) in [6, 6.07) is 5.83. The number of carbonyl (C=O) groups excluding carboxylic acids is 1. The Morgan fingerprint density at radius 2 is 1.96 bits per heavy atom. The van der Waals surface area contributed by atoms with Gasteiger partial charge in [0.05, 0.1) is 16.8 Å². The molecule has 0 atom stereocenters. The van der Waals surface area contributed by atoms with Crippen molar-refractivity contribution in [1.82, 2.24) is 9.88 Å². The van der Waals surface area contributed by atoms with Crippen LogP contribution in [0.2, 0.25) is 0 Å². The Morgan fingerprint density at radius 3 is 2.52 bits per heavy atom. The Morgan fingerprint density at radius 1 is 1.22 bits per heavy atom. The van der Waals surface area contributed by atoms with Crippen molar-refractivity contribution in [2.75, 3.05) is 43.4 Å². The Kier molecular flexibility index (Phi) is 4.63. The Bertz CT molecular complexity index is 668. The van der Waals surface area contributed by atoms with Gasteiger partial charge >= 0.3 is 0 Å². The summed E-state index contributed by atoms with van der Waals surface area (Å²) < 4.78 is 0. The Labute approximate surface area is 140 Å². The molecular formula is C17H22N4OS. The highest BCUT2D eigenvalue weighted by molar-refractivity contribution is 7.14. The number of aromatic nitrogens is 1. The minimum Gasteiger partial charge on any atom is -0.368 e. The molecule has 0 bridgehead atoms. The van der Waals surface area contributed by atoms with E-state index >= 15 is 0 Å². The number of piperazine rings is 1. The molecule has 0 aliphatic carbocycles. The van der Waals surface area contributed by atoms with Gasteiger partial charge in [-0.1, -0.05) is 0 Å². The number of nitrogens with one attached hydrogen (secondary N) is 1. The maximum atomic E-state index is 12.2. The van der Waals surface area contributed by atoms with Gasteiger partial charge in [-0.3, -0.25) is 4.79 Å². The number of nitrogens with zero attached hydrogens (tertiary/aromatic N) is 3. The van der Waals surface area contributed by atoms with Crippen molar-refractivity contribution in [3.8, 4) is 0 Å². The molecule has 122 valence electrons. The number of hydrogen-bond acceptors (Lipinski definition) is 5. The van der Waals surface area contributed by atoms with Gasteiger partial charge in [0.15, 0.2) is 0 Å². The molecule has 1 saturated heterocycles. The lowest BCUT2D eigenvalue weighted by molar-refractivity contribution is 0.103. The fourth-order valence-corrected chi connectivity index (χ4v) is 3.50. The summed E-state index contributed by atoms with van der Waals surface area (Å²) in [4.78, 5) is 23.2. The third-order valence-corrected chi connectivity index (χ3v) is 5.40. The number of rotatable bonds is 3. The number of aryl methyl sites for hydroxylation is 2. The van der Waals surface area contributed by atoms with Crippen molar-refractivity contribution >= 4 is 28.7 Å². The van der Waals surface area contributed by atoms with E-state index < -0.39 is 0 Å². The first-order valence-corrected chi connectivity index (χ1v) is 8.62. The van der Waals surface area contributed by atoms with Gasteiger partial charge in [0.1, 0.15) is 5.82 Å². The minimum atomic E-state index is -0.0916. The van der Waals surface area contributed by atoms with Crippen LogP contribution in [-0.2, 0) is 0 Å². The number of thiophene rings is 1.